The molecule has 0 radical (unpaired) electrons. The maximum absolute atomic E-state index is 12.4. The molecule has 30 heavy (non-hydrogen) atoms. The average Bonchev–Trinajstić information content (AvgIpc) is 3.11. The van der Waals surface area contributed by atoms with Gasteiger partial charge < -0.3 is 15.1 Å². The number of benzene rings is 1. The van der Waals surface area contributed by atoms with Crippen molar-refractivity contribution in [3.8, 4) is 0 Å². The fourth-order valence-electron chi connectivity index (χ4n) is 3.25. The Labute approximate surface area is 171 Å². The van der Waals surface area contributed by atoms with Gasteiger partial charge in [-0.3, -0.25) is 9.59 Å². The molecule has 7 nitrogen and oxygen atoms in total. The van der Waals surface area contributed by atoms with Gasteiger partial charge >= 0.3 is 12.1 Å². The molecule has 1 saturated heterocycles. The van der Waals surface area contributed by atoms with E-state index in [1.165, 1.54) is 6.08 Å². The van der Waals surface area contributed by atoms with Gasteiger partial charge in [0.05, 0.1) is 0 Å². The van der Waals surface area contributed by atoms with Gasteiger partial charge in [-0.1, -0.05) is 37.3 Å². The number of hydroxylamine groups is 2. The number of halogens is 3. The average molecular weight is 425 g/mol. The summed E-state index contributed by atoms with van der Waals surface area (Å²) in [6.45, 7) is 2.88. The maximum atomic E-state index is 12.4. The van der Waals surface area contributed by atoms with Crippen LogP contribution in [-0.4, -0.2) is 52.6 Å². The number of nitrogens with zero attached hydrogens (tertiary/aromatic N) is 2. The Bertz CT molecular complexity index is 831. The maximum Gasteiger partial charge on any atom is 0.492 e. The van der Waals surface area contributed by atoms with Crippen LogP contribution in [0.1, 0.15) is 30.9 Å². The molecule has 10 heteroatoms. The van der Waals surface area contributed by atoms with Crippen molar-refractivity contribution in [2.45, 2.75) is 51.1 Å². The summed E-state index contributed by atoms with van der Waals surface area (Å²) < 4.78 is 36.9. The first-order valence-corrected chi connectivity index (χ1v) is 9.59. The molecule has 3 rings (SSSR count). The molecule has 0 aromatic heterocycles. The number of fused-ring (bicyclic) bond motifs is 1. The molecule has 0 bridgehead atoms. The zero-order valence-electron chi connectivity index (χ0n) is 16.3. The van der Waals surface area contributed by atoms with Crippen LogP contribution in [0.4, 0.5) is 13.2 Å². The summed E-state index contributed by atoms with van der Waals surface area (Å²) in [6, 6.07) is 6.31. The van der Waals surface area contributed by atoms with Crippen molar-refractivity contribution >= 4 is 17.8 Å². The highest BCUT2D eigenvalue weighted by atomic mass is 19.4. The summed E-state index contributed by atoms with van der Waals surface area (Å²) in [4.78, 5) is 41.6. The number of carbonyl (C=O) groups is 3. The van der Waals surface area contributed by atoms with Gasteiger partial charge in [0.25, 0.3) is 0 Å². The van der Waals surface area contributed by atoms with Crippen molar-refractivity contribution in [3.63, 3.8) is 0 Å². The van der Waals surface area contributed by atoms with Gasteiger partial charge in [-0.2, -0.15) is 13.2 Å². The minimum Gasteiger partial charge on any atom is -0.360 e. The molecule has 0 unspecified atom stereocenters. The van der Waals surface area contributed by atoms with Crippen LogP contribution in [0.2, 0.25) is 0 Å². The summed E-state index contributed by atoms with van der Waals surface area (Å²) in [5, 5.41) is 3.38. The van der Waals surface area contributed by atoms with E-state index in [0.717, 1.165) is 11.1 Å². The standard InChI is InChI=1S/C20H22F3N3O4/c1-2-15(7-8-17(27)25-11-13-5-3-4-6-14(13)12-25)24-18(28)16-9-10-26(16)30-19(29)20(21,22)23/h3-8,15-16H,2,9-12H2,1H3,(H,24,28)/b8-7+/t15-,16-/m0/s1. The van der Waals surface area contributed by atoms with E-state index in [9.17, 15) is 27.6 Å². The van der Waals surface area contributed by atoms with Crippen LogP contribution in [0.25, 0.3) is 0 Å². The summed E-state index contributed by atoms with van der Waals surface area (Å²) in [5.74, 6) is -3.11. The molecule has 1 fully saturated rings. The third-order valence-corrected chi connectivity index (χ3v) is 5.10. The molecule has 2 aliphatic heterocycles. The van der Waals surface area contributed by atoms with Gasteiger partial charge in [-0.25, -0.2) is 4.79 Å². The lowest BCUT2D eigenvalue weighted by atomic mass is 10.0. The second kappa shape index (κ2) is 8.86. The van der Waals surface area contributed by atoms with Gasteiger partial charge in [-0.15, -0.1) is 5.06 Å². The second-order valence-corrected chi connectivity index (χ2v) is 7.17. The number of amides is 2. The van der Waals surface area contributed by atoms with E-state index in [0.29, 0.717) is 24.6 Å². The predicted molar refractivity (Wildman–Crippen MR) is 99.3 cm³/mol. The largest absolute Gasteiger partial charge is 0.492 e. The first kappa shape index (κ1) is 21.8. The first-order valence-electron chi connectivity index (χ1n) is 9.59. The quantitative estimate of drug-likeness (QED) is 0.706. The van der Waals surface area contributed by atoms with E-state index in [1.54, 1.807) is 17.9 Å². The van der Waals surface area contributed by atoms with Crippen LogP contribution < -0.4 is 5.32 Å². The van der Waals surface area contributed by atoms with E-state index < -0.39 is 30.1 Å². The lowest BCUT2D eigenvalue weighted by Gasteiger charge is -2.37. The van der Waals surface area contributed by atoms with E-state index >= 15 is 0 Å². The molecule has 0 spiro atoms. The van der Waals surface area contributed by atoms with E-state index in [2.05, 4.69) is 10.2 Å². The monoisotopic (exact) mass is 425 g/mol. The van der Waals surface area contributed by atoms with Crippen molar-refractivity contribution in [2.24, 2.45) is 0 Å². The van der Waals surface area contributed by atoms with Crippen molar-refractivity contribution in [3.05, 3.63) is 47.5 Å². The highest BCUT2D eigenvalue weighted by molar-refractivity contribution is 5.88. The van der Waals surface area contributed by atoms with Gasteiger partial charge in [0, 0.05) is 31.8 Å². The van der Waals surface area contributed by atoms with Crippen molar-refractivity contribution in [1.82, 2.24) is 15.3 Å². The number of rotatable bonds is 6. The summed E-state index contributed by atoms with van der Waals surface area (Å²) in [5.41, 5.74) is 2.19. The van der Waals surface area contributed by atoms with Crippen LogP contribution in [-0.2, 0) is 32.3 Å². The van der Waals surface area contributed by atoms with E-state index in [4.69, 9.17) is 0 Å². The molecular formula is C20H22F3N3O4. The lowest BCUT2D eigenvalue weighted by molar-refractivity contribution is -0.261. The third-order valence-electron chi connectivity index (χ3n) is 5.10. The van der Waals surface area contributed by atoms with Crippen molar-refractivity contribution in [2.75, 3.05) is 6.54 Å². The van der Waals surface area contributed by atoms with Crippen LogP contribution in [0, 0.1) is 0 Å². The fraction of sp³-hybridized carbons (Fsp3) is 0.450. The normalized spacial score (nSPS) is 19.9. The Morgan fingerprint density at radius 3 is 2.37 bits per heavy atom. The number of hydrogen-bond donors (Lipinski definition) is 1. The lowest BCUT2D eigenvalue weighted by Crippen LogP contribution is -2.58. The highest BCUT2D eigenvalue weighted by Crippen LogP contribution is 2.24. The molecule has 1 aromatic carbocycles. The van der Waals surface area contributed by atoms with E-state index in [1.807, 2.05) is 24.3 Å². The molecule has 162 valence electrons. The second-order valence-electron chi connectivity index (χ2n) is 7.17. The Balaban J connectivity index is 1.51. The first-order chi connectivity index (χ1) is 14.2. The minimum absolute atomic E-state index is 0.0422. The topological polar surface area (TPSA) is 79.0 Å². The van der Waals surface area contributed by atoms with E-state index in [-0.39, 0.29) is 18.9 Å². The Hall–Kier alpha value is -2.88. The SMILES string of the molecule is CC[C@@H](/C=C/C(=O)N1Cc2ccccc2C1)NC(=O)[C@@H]1CCN1OC(=O)C(F)(F)F. The fourth-order valence-corrected chi connectivity index (χ4v) is 3.25. The third kappa shape index (κ3) is 4.99. The molecule has 0 aliphatic carbocycles. The van der Waals surface area contributed by atoms with Crippen molar-refractivity contribution < 1.29 is 32.4 Å². The Morgan fingerprint density at radius 2 is 1.87 bits per heavy atom. The predicted octanol–water partition coefficient (Wildman–Crippen LogP) is 2.07. The number of alkyl halides is 3. The molecule has 2 aliphatic rings. The van der Waals surface area contributed by atoms with Crippen LogP contribution in [0.15, 0.2) is 36.4 Å². The Kier molecular flexibility index (Phi) is 6.45. The molecule has 2 heterocycles. The summed E-state index contributed by atoms with van der Waals surface area (Å²) in [7, 11) is 0. The number of hydrogen-bond acceptors (Lipinski definition) is 5. The molecule has 2 amide bonds. The molecule has 1 aromatic rings. The molecule has 2 atom stereocenters. The number of nitrogens with one attached hydrogen (secondary N) is 1. The highest BCUT2D eigenvalue weighted by Gasteiger charge is 2.46. The molecule has 1 N–H and O–H groups in total. The number of carbonyl (C=O) groups excluding carboxylic acids is 3. The minimum atomic E-state index is -5.12. The van der Waals surface area contributed by atoms with Gasteiger partial charge in [0.2, 0.25) is 11.8 Å². The van der Waals surface area contributed by atoms with Crippen molar-refractivity contribution in [1.29, 1.82) is 0 Å². The van der Waals surface area contributed by atoms with Gasteiger partial charge in [0.1, 0.15) is 6.04 Å². The summed E-state index contributed by atoms with van der Waals surface area (Å²) in [6.07, 6.45) is -1.43. The van der Waals surface area contributed by atoms with Crippen LogP contribution in [0.5, 0.6) is 0 Å². The summed E-state index contributed by atoms with van der Waals surface area (Å²) >= 11 is 0. The zero-order valence-corrected chi connectivity index (χ0v) is 16.3. The Morgan fingerprint density at radius 1 is 1.23 bits per heavy atom. The van der Waals surface area contributed by atoms with Crippen LogP contribution in [0.3, 0.4) is 0 Å². The van der Waals surface area contributed by atoms with Gasteiger partial charge in [-0.05, 0) is 24.0 Å². The zero-order chi connectivity index (χ0) is 21.9. The van der Waals surface area contributed by atoms with Gasteiger partial charge in [0.15, 0.2) is 0 Å². The molecule has 0 saturated carbocycles. The molecular weight excluding hydrogens is 403 g/mol. The van der Waals surface area contributed by atoms with Crippen LogP contribution >= 0.6 is 0 Å². The smallest absolute Gasteiger partial charge is 0.360 e.